The van der Waals surface area contributed by atoms with Crippen LogP contribution in [0.1, 0.15) is 42.5 Å². The minimum absolute atomic E-state index is 0.0116. The van der Waals surface area contributed by atoms with Crippen LogP contribution in [0.2, 0.25) is 0 Å². The lowest BCUT2D eigenvalue weighted by Crippen LogP contribution is -2.23. The topological polar surface area (TPSA) is 60.5 Å². The van der Waals surface area contributed by atoms with Gasteiger partial charge in [-0.3, -0.25) is 4.79 Å². The van der Waals surface area contributed by atoms with E-state index in [2.05, 4.69) is 24.1 Å². The number of halogens is 3. The monoisotopic (exact) mass is 416 g/mol. The Morgan fingerprint density at radius 1 is 1.29 bits per heavy atom. The molecule has 28 heavy (non-hydrogen) atoms. The molecule has 0 aliphatic carbocycles. The summed E-state index contributed by atoms with van der Waals surface area (Å²) in [6.07, 6.45) is -3.75. The Kier molecular flexibility index (Phi) is 7.68. The summed E-state index contributed by atoms with van der Waals surface area (Å²) in [6.45, 7) is 3.11. The van der Waals surface area contributed by atoms with Gasteiger partial charge in [-0.1, -0.05) is 19.9 Å². The SMILES string of the molecule is COc1cc(CCC(=O)NCc2csc(C(C)C)n2)ccc1OCC(F)(F)F. The third-order valence-electron chi connectivity index (χ3n) is 3.79. The van der Waals surface area contributed by atoms with Crippen molar-refractivity contribution in [3.05, 3.63) is 39.8 Å². The predicted molar refractivity (Wildman–Crippen MR) is 101 cm³/mol. The number of nitrogens with zero attached hydrogens (tertiary/aromatic N) is 1. The van der Waals surface area contributed by atoms with E-state index in [0.717, 1.165) is 16.3 Å². The molecule has 0 bridgehead atoms. The van der Waals surface area contributed by atoms with Gasteiger partial charge in [-0.25, -0.2) is 4.98 Å². The van der Waals surface area contributed by atoms with Crippen molar-refractivity contribution in [2.24, 2.45) is 0 Å². The van der Waals surface area contributed by atoms with Gasteiger partial charge in [0.15, 0.2) is 18.1 Å². The molecule has 1 amide bonds. The van der Waals surface area contributed by atoms with Gasteiger partial charge in [0.1, 0.15) is 0 Å². The van der Waals surface area contributed by atoms with Crippen LogP contribution < -0.4 is 14.8 Å². The van der Waals surface area contributed by atoms with E-state index in [0.29, 0.717) is 18.9 Å². The highest BCUT2D eigenvalue weighted by molar-refractivity contribution is 7.09. The fourth-order valence-electron chi connectivity index (χ4n) is 2.35. The normalized spacial score (nSPS) is 11.5. The Bertz CT molecular complexity index is 791. The van der Waals surface area contributed by atoms with Gasteiger partial charge in [0.25, 0.3) is 0 Å². The molecule has 2 rings (SSSR count). The number of thiazole rings is 1. The summed E-state index contributed by atoms with van der Waals surface area (Å²) in [5.41, 5.74) is 1.59. The average molecular weight is 416 g/mol. The highest BCUT2D eigenvalue weighted by Crippen LogP contribution is 2.30. The predicted octanol–water partition coefficient (Wildman–Crippen LogP) is 4.47. The number of hydrogen-bond acceptors (Lipinski definition) is 5. The quantitative estimate of drug-likeness (QED) is 0.656. The molecule has 0 spiro atoms. The van der Waals surface area contributed by atoms with Crippen molar-refractivity contribution >= 4 is 17.2 Å². The Hall–Kier alpha value is -2.29. The third-order valence-corrected chi connectivity index (χ3v) is 4.98. The molecule has 1 aromatic heterocycles. The molecule has 5 nitrogen and oxygen atoms in total. The van der Waals surface area contributed by atoms with Crippen LogP contribution >= 0.6 is 11.3 Å². The maximum atomic E-state index is 12.3. The van der Waals surface area contributed by atoms with Gasteiger partial charge in [0, 0.05) is 17.7 Å². The number of ether oxygens (including phenoxy) is 2. The van der Waals surface area contributed by atoms with E-state index in [1.807, 2.05) is 5.38 Å². The van der Waals surface area contributed by atoms with Crippen molar-refractivity contribution < 1.29 is 27.4 Å². The number of amides is 1. The lowest BCUT2D eigenvalue weighted by atomic mass is 10.1. The molecule has 0 saturated carbocycles. The second-order valence-electron chi connectivity index (χ2n) is 6.50. The number of hydrogen-bond donors (Lipinski definition) is 1. The van der Waals surface area contributed by atoms with Gasteiger partial charge in [-0.05, 0) is 24.1 Å². The summed E-state index contributed by atoms with van der Waals surface area (Å²) in [6, 6.07) is 4.62. The first-order valence-corrected chi connectivity index (χ1v) is 9.63. The number of carbonyl (C=O) groups is 1. The molecule has 9 heteroatoms. The van der Waals surface area contributed by atoms with Crippen LogP contribution in [0, 0.1) is 0 Å². The van der Waals surface area contributed by atoms with Crippen LogP contribution in [0.3, 0.4) is 0 Å². The molecule has 0 unspecified atom stereocenters. The standard InChI is InChI=1S/C19H23F3N2O3S/c1-12(2)18-24-14(10-28-18)9-23-17(25)7-5-13-4-6-15(16(8-13)26-3)27-11-19(20,21)22/h4,6,8,10,12H,5,7,9,11H2,1-3H3,(H,23,25). The van der Waals surface area contributed by atoms with E-state index >= 15 is 0 Å². The summed E-state index contributed by atoms with van der Waals surface area (Å²) in [5.74, 6) is 0.436. The Labute approximate surface area is 165 Å². The fraction of sp³-hybridized carbons (Fsp3) is 0.474. The summed E-state index contributed by atoms with van der Waals surface area (Å²) in [7, 11) is 1.35. The van der Waals surface area contributed by atoms with Crippen LogP contribution in [0.4, 0.5) is 13.2 Å². The third kappa shape index (κ3) is 7.03. The fourth-order valence-corrected chi connectivity index (χ4v) is 3.19. The highest BCUT2D eigenvalue weighted by Gasteiger charge is 2.29. The average Bonchev–Trinajstić information content (AvgIpc) is 3.12. The molecule has 154 valence electrons. The number of benzene rings is 1. The van der Waals surface area contributed by atoms with Crippen LogP contribution in [0.15, 0.2) is 23.6 Å². The maximum Gasteiger partial charge on any atom is 0.422 e. The largest absolute Gasteiger partial charge is 0.493 e. The molecule has 0 fully saturated rings. The molecule has 0 atom stereocenters. The summed E-state index contributed by atoms with van der Waals surface area (Å²) in [4.78, 5) is 16.5. The molecule has 2 aromatic rings. The zero-order valence-corrected chi connectivity index (χ0v) is 16.7. The molecular formula is C19H23F3N2O3S. The zero-order chi connectivity index (χ0) is 20.7. The van der Waals surface area contributed by atoms with Gasteiger partial charge >= 0.3 is 6.18 Å². The van der Waals surface area contributed by atoms with Crippen molar-refractivity contribution in [1.82, 2.24) is 10.3 Å². The molecular weight excluding hydrogens is 393 g/mol. The van der Waals surface area contributed by atoms with Crippen molar-refractivity contribution in [2.75, 3.05) is 13.7 Å². The van der Waals surface area contributed by atoms with Crippen LogP contribution in [-0.2, 0) is 17.8 Å². The van der Waals surface area contributed by atoms with Crippen molar-refractivity contribution in [3.8, 4) is 11.5 Å². The van der Waals surface area contributed by atoms with Gasteiger partial charge in [-0.15, -0.1) is 11.3 Å². The molecule has 0 aliphatic heterocycles. The number of rotatable bonds is 9. The zero-order valence-electron chi connectivity index (χ0n) is 15.9. The van der Waals surface area contributed by atoms with E-state index < -0.39 is 12.8 Å². The van der Waals surface area contributed by atoms with Crippen LogP contribution in [0.5, 0.6) is 11.5 Å². The lowest BCUT2D eigenvalue weighted by Gasteiger charge is -2.13. The first-order chi connectivity index (χ1) is 13.2. The van der Waals surface area contributed by atoms with E-state index in [9.17, 15) is 18.0 Å². The molecule has 0 aliphatic rings. The first-order valence-electron chi connectivity index (χ1n) is 8.75. The number of aromatic nitrogens is 1. The molecule has 1 aromatic carbocycles. The number of aryl methyl sites for hydroxylation is 1. The smallest absolute Gasteiger partial charge is 0.422 e. The second-order valence-corrected chi connectivity index (χ2v) is 7.39. The Morgan fingerprint density at radius 2 is 2.04 bits per heavy atom. The van der Waals surface area contributed by atoms with E-state index in [1.54, 1.807) is 23.5 Å². The van der Waals surface area contributed by atoms with Crippen molar-refractivity contribution in [3.63, 3.8) is 0 Å². The summed E-state index contributed by atoms with van der Waals surface area (Å²) < 4.78 is 46.7. The van der Waals surface area contributed by atoms with Crippen molar-refractivity contribution in [2.45, 2.75) is 45.3 Å². The molecule has 0 radical (unpaired) electrons. The van der Waals surface area contributed by atoms with E-state index in [-0.39, 0.29) is 23.8 Å². The number of carbonyl (C=O) groups excluding carboxylic acids is 1. The Balaban J connectivity index is 1.84. The molecule has 1 N–H and O–H groups in total. The van der Waals surface area contributed by atoms with Gasteiger partial charge in [0.05, 0.1) is 24.4 Å². The first kappa shape index (κ1) is 22.0. The van der Waals surface area contributed by atoms with Crippen LogP contribution in [0.25, 0.3) is 0 Å². The highest BCUT2D eigenvalue weighted by atomic mass is 32.1. The number of methoxy groups -OCH3 is 1. The number of nitrogens with one attached hydrogen (secondary N) is 1. The minimum atomic E-state index is -4.42. The minimum Gasteiger partial charge on any atom is -0.493 e. The van der Waals surface area contributed by atoms with Gasteiger partial charge < -0.3 is 14.8 Å². The molecule has 1 heterocycles. The van der Waals surface area contributed by atoms with E-state index in [1.165, 1.54) is 13.2 Å². The Morgan fingerprint density at radius 3 is 2.64 bits per heavy atom. The van der Waals surface area contributed by atoms with Crippen LogP contribution in [-0.4, -0.2) is 30.8 Å². The second kappa shape index (κ2) is 9.77. The number of alkyl halides is 3. The summed E-state index contributed by atoms with van der Waals surface area (Å²) in [5, 5.41) is 5.78. The summed E-state index contributed by atoms with van der Waals surface area (Å²) >= 11 is 1.57. The maximum absolute atomic E-state index is 12.3. The van der Waals surface area contributed by atoms with Gasteiger partial charge in [0.2, 0.25) is 5.91 Å². The van der Waals surface area contributed by atoms with Gasteiger partial charge in [-0.2, -0.15) is 13.2 Å². The molecule has 0 saturated heterocycles. The lowest BCUT2D eigenvalue weighted by molar-refractivity contribution is -0.153. The van der Waals surface area contributed by atoms with Crippen molar-refractivity contribution in [1.29, 1.82) is 0 Å². The van der Waals surface area contributed by atoms with E-state index in [4.69, 9.17) is 9.47 Å².